The smallest absolute Gasteiger partial charge is 0.283 e. The molecule has 0 atom stereocenters. The normalized spacial score (nSPS) is 18.9. The number of nitrogens with zero attached hydrogens (tertiary/aromatic N) is 3. The third-order valence-corrected chi connectivity index (χ3v) is 4.51. The monoisotopic (exact) mass is 265 g/mol. The Labute approximate surface area is 98.7 Å². The summed E-state index contributed by atoms with van der Waals surface area (Å²) in [6, 6.07) is 0. The Morgan fingerprint density at radius 3 is 2.75 bits per heavy atom. The van der Waals surface area contributed by atoms with Crippen molar-refractivity contribution in [3.8, 4) is 0 Å². The van der Waals surface area contributed by atoms with Gasteiger partial charge < -0.3 is 0 Å². The van der Waals surface area contributed by atoms with Gasteiger partial charge in [0.1, 0.15) is 0 Å². The number of hydrogen-bond acceptors (Lipinski definition) is 4. The summed E-state index contributed by atoms with van der Waals surface area (Å²) in [5.41, 5.74) is 0. The molecule has 1 fully saturated rings. The minimum absolute atomic E-state index is 0.0314. The molecule has 0 spiro atoms. The molecule has 8 heteroatoms. The van der Waals surface area contributed by atoms with E-state index in [4.69, 9.17) is 16.4 Å². The zero-order chi connectivity index (χ0) is 11.8. The van der Waals surface area contributed by atoms with Crippen molar-refractivity contribution < 1.29 is 13.3 Å². The highest BCUT2D eigenvalue weighted by molar-refractivity contribution is 7.89. The van der Waals surface area contributed by atoms with Crippen molar-refractivity contribution in [2.45, 2.75) is 17.9 Å². The molecule has 0 aromatic carbocycles. The van der Waals surface area contributed by atoms with E-state index in [0.29, 0.717) is 13.2 Å². The summed E-state index contributed by atoms with van der Waals surface area (Å²) in [4.78, 5) is 5.12. The van der Waals surface area contributed by atoms with Crippen LogP contribution >= 0.6 is 11.6 Å². The van der Waals surface area contributed by atoms with Gasteiger partial charge in [-0.2, -0.15) is 5.10 Å². The number of halogens is 1. The van der Waals surface area contributed by atoms with Gasteiger partial charge in [0.05, 0.1) is 17.8 Å². The van der Waals surface area contributed by atoms with E-state index < -0.39 is 10.0 Å². The van der Waals surface area contributed by atoms with Crippen LogP contribution in [0.4, 0.5) is 0 Å². The quantitative estimate of drug-likeness (QED) is 0.793. The van der Waals surface area contributed by atoms with Crippen molar-refractivity contribution in [2.24, 2.45) is 7.05 Å². The predicted molar refractivity (Wildman–Crippen MR) is 57.3 cm³/mol. The third-order valence-electron chi connectivity index (χ3n) is 2.33. The molecule has 0 radical (unpaired) electrons. The van der Waals surface area contributed by atoms with E-state index in [0.717, 1.165) is 17.3 Å². The molecular weight excluding hydrogens is 254 g/mol. The second kappa shape index (κ2) is 4.33. The molecule has 1 aromatic rings. The molecule has 0 unspecified atom stereocenters. The zero-order valence-electron chi connectivity index (χ0n) is 8.76. The molecule has 16 heavy (non-hydrogen) atoms. The molecule has 0 amide bonds. The molecule has 1 saturated heterocycles. The van der Waals surface area contributed by atoms with E-state index in [-0.39, 0.29) is 10.0 Å². The molecule has 0 bridgehead atoms. The van der Waals surface area contributed by atoms with Crippen molar-refractivity contribution >= 4 is 21.6 Å². The zero-order valence-corrected chi connectivity index (χ0v) is 10.3. The number of aromatic nitrogens is 2. The standard InChI is InChI=1S/C8H12ClN3O3S/c1-11-8(7(9)6-10-11)16(13,14)12-4-2-3-5-15-12/h6H,2-5H2,1H3. The lowest BCUT2D eigenvalue weighted by Crippen LogP contribution is -2.36. The van der Waals surface area contributed by atoms with Gasteiger partial charge >= 0.3 is 0 Å². The summed E-state index contributed by atoms with van der Waals surface area (Å²) in [6.07, 6.45) is 2.96. The maximum Gasteiger partial charge on any atom is 0.283 e. The number of sulfonamides is 1. The Morgan fingerprint density at radius 2 is 2.25 bits per heavy atom. The van der Waals surface area contributed by atoms with Crippen molar-refractivity contribution in [1.82, 2.24) is 14.2 Å². The highest BCUT2D eigenvalue weighted by atomic mass is 35.5. The minimum Gasteiger partial charge on any atom is -0.284 e. The Bertz CT molecular complexity index is 459. The van der Waals surface area contributed by atoms with Gasteiger partial charge in [0, 0.05) is 13.6 Å². The Hall–Kier alpha value is -0.630. The Balaban J connectivity index is 2.38. The van der Waals surface area contributed by atoms with Crippen molar-refractivity contribution in [3.63, 3.8) is 0 Å². The first kappa shape index (κ1) is 11.8. The summed E-state index contributed by atoms with van der Waals surface area (Å²) < 4.78 is 26.5. The van der Waals surface area contributed by atoms with E-state index in [9.17, 15) is 8.42 Å². The van der Waals surface area contributed by atoms with Crippen LogP contribution in [0.2, 0.25) is 5.02 Å². The summed E-state index contributed by atoms with van der Waals surface area (Å²) in [5.74, 6) is 0. The Morgan fingerprint density at radius 1 is 1.50 bits per heavy atom. The van der Waals surface area contributed by atoms with Gasteiger partial charge in [-0.1, -0.05) is 16.1 Å². The number of rotatable bonds is 2. The molecule has 6 nitrogen and oxygen atoms in total. The summed E-state index contributed by atoms with van der Waals surface area (Å²) in [6.45, 7) is 0.762. The minimum atomic E-state index is -3.70. The lowest BCUT2D eigenvalue weighted by molar-refractivity contribution is -0.109. The van der Waals surface area contributed by atoms with Crippen molar-refractivity contribution in [2.75, 3.05) is 13.2 Å². The highest BCUT2D eigenvalue weighted by Gasteiger charge is 2.32. The largest absolute Gasteiger partial charge is 0.284 e. The maximum atomic E-state index is 12.1. The first-order valence-corrected chi connectivity index (χ1v) is 6.68. The van der Waals surface area contributed by atoms with Gasteiger partial charge in [-0.3, -0.25) is 9.52 Å². The molecule has 1 aliphatic heterocycles. The molecule has 1 aromatic heterocycles. The van der Waals surface area contributed by atoms with Gasteiger partial charge in [-0.25, -0.2) is 8.42 Å². The predicted octanol–water partition coefficient (Wildman–Crippen LogP) is 0.790. The van der Waals surface area contributed by atoms with Crippen LogP contribution in [0.25, 0.3) is 0 Å². The van der Waals surface area contributed by atoms with E-state index in [2.05, 4.69) is 5.10 Å². The van der Waals surface area contributed by atoms with Crippen LogP contribution in [0.1, 0.15) is 12.8 Å². The molecule has 2 rings (SSSR count). The van der Waals surface area contributed by atoms with Crippen LogP contribution in [0.5, 0.6) is 0 Å². The number of hydroxylamine groups is 1. The maximum absolute atomic E-state index is 12.1. The average molecular weight is 266 g/mol. The highest BCUT2D eigenvalue weighted by Crippen LogP contribution is 2.25. The van der Waals surface area contributed by atoms with Crippen LogP contribution in [0, 0.1) is 0 Å². The molecule has 2 heterocycles. The Kier molecular flexibility index (Phi) is 3.20. The fourth-order valence-corrected chi connectivity index (χ4v) is 3.46. The van der Waals surface area contributed by atoms with Gasteiger partial charge in [0.15, 0.2) is 5.03 Å². The SMILES string of the molecule is Cn1ncc(Cl)c1S(=O)(=O)N1CCCCO1. The average Bonchev–Trinajstić information content (AvgIpc) is 2.60. The molecule has 0 N–H and O–H groups in total. The summed E-state index contributed by atoms with van der Waals surface area (Å²) in [5, 5.41) is 3.88. The fraction of sp³-hybridized carbons (Fsp3) is 0.625. The van der Waals surface area contributed by atoms with Gasteiger partial charge in [0.25, 0.3) is 10.0 Å². The van der Waals surface area contributed by atoms with Crippen LogP contribution in [0.15, 0.2) is 11.2 Å². The van der Waals surface area contributed by atoms with E-state index in [1.54, 1.807) is 0 Å². The van der Waals surface area contributed by atoms with Gasteiger partial charge in [0.2, 0.25) is 0 Å². The lowest BCUT2D eigenvalue weighted by atomic mass is 10.3. The molecule has 1 aliphatic rings. The van der Waals surface area contributed by atoms with E-state index >= 15 is 0 Å². The van der Waals surface area contributed by atoms with E-state index in [1.807, 2.05) is 0 Å². The molecule has 0 aliphatic carbocycles. The van der Waals surface area contributed by atoms with Crippen molar-refractivity contribution in [1.29, 1.82) is 0 Å². The molecule has 0 saturated carbocycles. The van der Waals surface area contributed by atoms with E-state index in [1.165, 1.54) is 17.9 Å². The van der Waals surface area contributed by atoms with Crippen molar-refractivity contribution in [3.05, 3.63) is 11.2 Å². The number of hydrogen-bond donors (Lipinski definition) is 0. The van der Waals surface area contributed by atoms with Crippen LogP contribution in [-0.2, 0) is 21.9 Å². The fourth-order valence-electron chi connectivity index (χ4n) is 1.55. The van der Waals surface area contributed by atoms with Crippen LogP contribution in [-0.4, -0.2) is 35.8 Å². The van der Waals surface area contributed by atoms with Crippen LogP contribution < -0.4 is 0 Å². The summed E-state index contributed by atoms with van der Waals surface area (Å²) in [7, 11) is -2.17. The second-order valence-corrected chi connectivity index (χ2v) is 5.64. The third kappa shape index (κ3) is 1.95. The molecule has 90 valence electrons. The first-order valence-electron chi connectivity index (χ1n) is 4.86. The molecular formula is C8H12ClN3O3S. The topological polar surface area (TPSA) is 64.4 Å². The van der Waals surface area contributed by atoms with Crippen LogP contribution in [0.3, 0.4) is 0 Å². The number of aryl methyl sites for hydroxylation is 1. The second-order valence-electron chi connectivity index (χ2n) is 3.49. The van der Waals surface area contributed by atoms with Gasteiger partial charge in [-0.15, -0.1) is 0 Å². The summed E-state index contributed by atoms with van der Waals surface area (Å²) >= 11 is 5.80. The van der Waals surface area contributed by atoms with Gasteiger partial charge in [-0.05, 0) is 12.8 Å². The lowest BCUT2D eigenvalue weighted by Gasteiger charge is -2.25. The first-order chi connectivity index (χ1) is 7.53.